The molecule has 0 saturated carbocycles. The van der Waals surface area contributed by atoms with Gasteiger partial charge in [-0.05, 0) is 48.7 Å². The Balaban J connectivity index is 1.80. The van der Waals surface area contributed by atoms with Crippen LogP contribution < -0.4 is 4.31 Å². The Labute approximate surface area is 184 Å². The first-order valence-corrected chi connectivity index (χ1v) is 11.4. The van der Waals surface area contributed by atoms with Gasteiger partial charge >= 0.3 is 6.18 Å². The van der Waals surface area contributed by atoms with Crippen LogP contribution in [0.5, 0.6) is 0 Å². The van der Waals surface area contributed by atoms with Crippen molar-refractivity contribution < 1.29 is 26.4 Å². The van der Waals surface area contributed by atoms with Gasteiger partial charge in [-0.3, -0.25) is 9.10 Å². The van der Waals surface area contributed by atoms with Crippen LogP contribution in [-0.4, -0.2) is 21.2 Å². The summed E-state index contributed by atoms with van der Waals surface area (Å²) in [5.41, 5.74) is 1.25. The fraction of sp³-hybridized carbons (Fsp3) is 0.208. The summed E-state index contributed by atoms with van der Waals surface area (Å²) in [6, 6.07) is 16.3. The van der Waals surface area contributed by atoms with Crippen LogP contribution in [0.4, 0.5) is 18.9 Å². The third kappa shape index (κ3) is 3.90. The molecule has 3 aromatic carbocycles. The molecule has 0 radical (unpaired) electrons. The first kappa shape index (κ1) is 22.1. The molecule has 1 atom stereocenters. The Morgan fingerprint density at radius 3 is 2.34 bits per heavy atom. The number of sulfonamides is 1. The van der Waals surface area contributed by atoms with Crippen molar-refractivity contribution in [3.05, 3.63) is 94.5 Å². The quantitative estimate of drug-likeness (QED) is 0.483. The van der Waals surface area contributed by atoms with Crippen LogP contribution in [0, 0.1) is 6.92 Å². The zero-order valence-corrected chi connectivity index (χ0v) is 18.0. The highest BCUT2D eigenvalue weighted by Crippen LogP contribution is 2.44. The number of hydrogen-bond donors (Lipinski definition) is 0. The van der Waals surface area contributed by atoms with E-state index in [4.69, 9.17) is 0 Å². The van der Waals surface area contributed by atoms with E-state index in [0.29, 0.717) is 17.5 Å². The summed E-state index contributed by atoms with van der Waals surface area (Å²) in [5, 5.41) is 0. The maximum absolute atomic E-state index is 13.5. The van der Waals surface area contributed by atoms with Gasteiger partial charge in [0.2, 0.25) is 0 Å². The lowest BCUT2D eigenvalue weighted by Gasteiger charge is -2.21. The van der Waals surface area contributed by atoms with Crippen molar-refractivity contribution in [2.45, 2.75) is 30.3 Å². The number of alkyl halides is 3. The molecule has 4 rings (SSSR count). The molecule has 3 aromatic rings. The van der Waals surface area contributed by atoms with Gasteiger partial charge in [-0.25, -0.2) is 8.42 Å². The van der Waals surface area contributed by atoms with Gasteiger partial charge in [-0.2, -0.15) is 13.2 Å². The topological polar surface area (TPSA) is 54.5 Å². The highest BCUT2D eigenvalue weighted by molar-refractivity contribution is 7.92. The highest BCUT2D eigenvalue weighted by Gasteiger charge is 2.40. The second-order valence-electron chi connectivity index (χ2n) is 7.80. The van der Waals surface area contributed by atoms with Crippen molar-refractivity contribution in [2.24, 2.45) is 0 Å². The average Bonchev–Trinajstić information content (AvgIpc) is 3.13. The van der Waals surface area contributed by atoms with Crippen LogP contribution in [-0.2, 0) is 22.6 Å². The standard InChI is InChI=1S/C24H20F3NO3S/c1-16-9-11-20(12-10-16)32(30,31)28-14-19(23-18(15-29)6-4-8-22(23)28)13-17-5-2-3-7-21(17)24(25,26)27/h2-12,15,19H,13-14H2,1H3. The van der Waals surface area contributed by atoms with Crippen LogP contribution in [0.3, 0.4) is 0 Å². The molecule has 1 aliphatic rings. The number of carbonyl (C=O) groups excluding carboxylic acids is 1. The summed E-state index contributed by atoms with van der Waals surface area (Å²) in [7, 11) is -3.96. The molecule has 0 spiro atoms. The summed E-state index contributed by atoms with van der Waals surface area (Å²) >= 11 is 0. The number of halogens is 3. The van der Waals surface area contributed by atoms with Crippen molar-refractivity contribution in [1.82, 2.24) is 0 Å². The number of carbonyl (C=O) groups is 1. The Kier molecular flexibility index (Phi) is 5.58. The number of aryl methyl sites for hydroxylation is 1. The Morgan fingerprint density at radius 1 is 1.00 bits per heavy atom. The summed E-state index contributed by atoms with van der Waals surface area (Å²) in [4.78, 5) is 11.8. The van der Waals surface area contributed by atoms with E-state index in [1.807, 2.05) is 6.92 Å². The molecule has 0 fully saturated rings. The minimum atomic E-state index is -4.53. The van der Waals surface area contributed by atoms with E-state index < -0.39 is 27.7 Å². The summed E-state index contributed by atoms with van der Waals surface area (Å²) in [5.74, 6) is -0.602. The monoisotopic (exact) mass is 459 g/mol. The largest absolute Gasteiger partial charge is 0.416 e. The van der Waals surface area contributed by atoms with Gasteiger partial charge in [0.1, 0.15) is 6.29 Å². The van der Waals surface area contributed by atoms with Gasteiger partial charge in [0.25, 0.3) is 10.0 Å². The predicted molar refractivity (Wildman–Crippen MR) is 115 cm³/mol. The lowest BCUT2D eigenvalue weighted by atomic mass is 9.89. The molecular formula is C24H20F3NO3S. The van der Waals surface area contributed by atoms with Gasteiger partial charge in [0, 0.05) is 18.0 Å². The Bertz CT molecular complexity index is 1270. The number of hydrogen-bond acceptors (Lipinski definition) is 3. The van der Waals surface area contributed by atoms with Crippen LogP contribution in [0.25, 0.3) is 0 Å². The van der Waals surface area contributed by atoms with Crippen LogP contribution in [0.2, 0.25) is 0 Å². The molecule has 166 valence electrons. The molecule has 1 unspecified atom stereocenters. The van der Waals surface area contributed by atoms with Gasteiger partial charge < -0.3 is 0 Å². The lowest BCUT2D eigenvalue weighted by molar-refractivity contribution is -0.138. The zero-order chi connectivity index (χ0) is 23.1. The van der Waals surface area contributed by atoms with Crippen molar-refractivity contribution in [3.63, 3.8) is 0 Å². The molecule has 1 heterocycles. The third-order valence-corrected chi connectivity index (χ3v) is 7.50. The second-order valence-corrected chi connectivity index (χ2v) is 9.67. The zero-order valence-electron chi connectivity index (χ0n) is 17.1. The van der Waals surface area contributed by atoms with E-state index in [1.165, 1.54) is 34.6 Å². The second kappa shape index (κ2) is 8.09. The highest BCUT2D eigenvalue weighted by atomic mass is 32.2. The smallest absolute Gasteiger partial charge is 0.298 e. The summed E-state index contributed by atoms with van der Waals surface area (Å²) in [6.07, 6.45) is -3.97. The van der Waals surface area contributed by atoms with Crippen molar-refractivity contribution in [3.8, 4) is 0 Å². The molecule has 0 amide bonds. The van der Waals surface area contributed by atoms with Crippen LogP contribution >= 0.6 is 0 Å². The maximum Gasteiger partial charge on any atom is 0.416 e. The predicted octanol–water partition coefficient (Wildman–Crippen LogP) is 5.36. The SMILES string of the molecule is Cc1ccc(S(=O)(=O)N2CC(Cc3ccccc3C(F)(F)F)c3c(C=O)cccc32)cc1. The van der Waals surface area contributed by atoms with Gasteiger partial charge in [-0.1, -0.05) is 48.0 Å². The van der Waals surface area contributed by atoms with Gasteiger partial charge in [-0.15, -0.1) is 0 Å². The summed E-state index contributed by atoms with van der Waals surface area (Å²) in [6.45, 7) is 1.79. The Morgan fingerprint density at radius 2 is 1.69 bits per heavy atom. The molecular weight excluding hydrogens is 439 g/mol. The average molecular weight is 459 g/mol. The van der Waals surface area contributed by atoms with E-state index in [1.54, 1.807) is 30.3 Å². The third-order valence-electron chi connectivity index (χ3n) is 5.71. The number of rotatable bonds is 5. The first-order chi connectivity index (χ1) is 15.1. The number of anilines is 1. The molecule has 8 heteroatoms. The van der Waals surface area contributed by atoms with E-state index in [9.17, 15) is 26.4 Å². The molecule has 0 N–H and O–H groups in total. The van der Waals surface area contributed by atoms with E-state index in [-0.39, 0.29) is 29.0 Å². The molecule has 0 aliphatic carbocycles. The van der Waals surface area contributed by atoms with E-state index >= 15 is 0 Å². The number of fused-ring (bicyclic) bond motifs is 1. The number of aldehydes is 1. The maximum atomic E-state index is 13.5. The van der Waals surface area contributed by atoms with Gasteiger partial charge in [0.05, 0.1) is 16.1 Å². The van der Waals surface area contributed by atoms with Crippen LogP contribution in [0.1, 0.15) is 38.5 Å². The summed E-state index contributed by atoms with van der Waals surface area (Å²) < 4.78 is 68.5. The fourth-order valence-corrected chi connectivity index (χ4v) is 5.73. The molecule has 0 aromatic heterocycles. The molecule has 0 saturated heterocycles. The first-order valence-electron chi connectivity index (χ1n) is 9.95. The minimum Gasteiger partial charge on any atom is -0.298 e. The fourth-order valence-electron chi connectivity index (χ4n) is 4.20. The molecule has 0 bridgehead atoms. The van der Waals surface area contributed by atoms with E-state index in [0.717, 1.165) is 11.6 Å². The van der Waals surface area contributed by atoms with Crippen molar-refractivity contribution in [1.29, 1.82) is 0 Å². The Hall–Kier alpha value is -3.13. The number of nitrogens with zero attached hydrogens (tertiary/aromatic N) is 1. The van der Waals surface area contributed by atoms with Crippen molar-refractivity contribution in [2.75, 3.05) is 10.8 Å². The van der Waals surface area contributed by atoms with E-state index in [2.05, 4.69) is 0 Å². The minimum absolute atomic E-state index is 0.0482. The molecule has 32 heavy (non-hydrogen) atoms. The number of benzene rings is 3. The normalized spacial score (nSPS) is 16.1. The molecule has 1 aliphatic heterocycles. The van der Waals surface area contributed by atoms with Gasteiger partial charge in [0.15, 0.2) is 0 Å². The molecule has 4 nitrogen and oxygen atoms in total. The van der Waals surface area contributed by atoms with Crippen molar-refractivity contribution >= 4 is 22.0 Å². The van der Waals surface area contributed by atoms with Crippen LogP contribution in [0.15, 0.2) is 71.6 Å². The lowest BCUT2D eigenvalue weighted by Crippen LogP contribution is -2.30.